The normalized spacial score (nSPS) is 14.9. The number of aromatic nitrogens is 3. The van der Waals surface area contributed by atoms with Crippen molar-refractivity contribution < 1.29 is 14.3 Å². The highest BCUT2D eigenvalue weighted by atomic mass is 16.5. The van der Waals surface area contributed by atoms with Gasteiger partial charge in [-0.3, -0.25) is 9.55 Å². The molecule has 0 atom stereocenters. The van der Waals surface area contributed by atoms with E-state index in [2.05, 4.69) is 82.4 Å². The molecule has 8 aromatic rings. The molecule has 6 heteroatoms. The average molecular weight is 739 g/mol. The third-order valence-electron chi connectivity index (χ3n) is 10.2. The maximum Gasteiger partial charge on any atom is 0.503 e. The molecule has 0 spiro atoms. The summed E-state index contributed by atoms with van der Waals surface area (Å²) in [6, 6.07) is 36.8. The fourth-order valence-electron chi connectivity index (χ4n) is 7.23. The first-order valence-electron chi connectivity index (χ1n) is 22.2. The molecule has 9 rings (SSSR count). The van der Waals surface area contributed by atoms with Crippen molar-refractivity contribution in [2.75, 3.05) is 0 Å². The SMILES string of the molecule is [2H]c1c([2H])c(C([2H])([2H])[2H])c([2H])c([2H])c1-c1ccccc1[N+]1=C=[N+](c2cc(Oc3ccc4c5ncccc5n(-c5cc(C(C)(C)C)ccn5)c4c3)cc(C(C)(C)C)c2)c2ccccc21. The van der Waals surface area contributed by atoms with Gasteiger partial charge in [-0.1, -0.05) is 95.5 Å². The maximum absolute atomic E-state index is 8.92. The van der Waals surface area contributed by atoms with Gasteiger partial charge in [0.05, 0.1) is 33.7 Å². The number of benzene rings is 5. The van der Waals surface area contributed by atoms with E-state index in [-0.39, 0.29) is 16.4 Å². The number of fused-ring (bicyclic) bond motifs is 4. The smallest absolute Gasteiger partial charge is 0.457 e. The first kappa shape index (κ1) is 27.9. The van der Waals surface area contributed by atoms with E-state index in [0.29, 0.717) is 22.7 Å². The summed E-state index contributed by atoms with van der Waals surface area (Å²) in [6.07, 6.45) is 3.66. The van der Waals surface area contributed by atoms with E-state index in [1.54, 1.807) is 18.3 Å². The van der Waals surface area contributed by atoms with Crippen molar-refractivity contribution in [3.63, 3.8) is 0 Å². The molecule has 56 heavy (non-hydrogen) atoms. The third kappa shape index (κ3) is 6.28. The second kappa shape index (κ2) is 13.3. The molecule has 0 saturated heterocycles. The van der Waals surface area contributed by atoms with E-state index in [4.69, 9.17) is 24.3 Å². The summed E-state index contributed by atoms with van der Waals surface area (Å²) in [4.78, 5) is 9.59. The van der Waals surface area contributed by atoms with Gasteiger partial charge >= 0.3 is 6.01 Å². The van der Waals surface area contributed by atoms with Gasteiger partial charge in [0.2, 0.25) is 11.4 Å². The van der Waals surface area contributed by atoms with Gasteiger partial charge in [0.15, 0.2) is 0 Å². The lowest BCUT2D eigenvalue weighted by atomic mass is 9.86. The van der Waals surface area contributed by atoms with E-state index < -0.39 is 36.6 Å². The van der Waals surface area contributed by atoms with Crippen LogP contribution in [-0.2, 0) is 10.8 Å². The molecule has 6 nitrogen and oxygen atoms in total. The van der Waals surface area contributed by atoms with Gasteiger partial charge in [-0.25, -0.2) is 4.98 Å². The Hall–Kier alpha value is -6.62. The highest BCUT2D eigenvalue weighted by molar-refractivity contribution is 6.07. The van der Waals surface area contributed by atoms with Gasteiger partial charge in [0, 0.05) is 52.2 Å². The molecule has 274 valence electrons. The van der Waals surface area contributed by atoms with E-state index in [0.717, 1.165) is 50.4 Å². The average Bonchev–Trinajstić information content (AvgIpc) is 3.78. The van der Waals surface area contributed by atoms with Crippen LogP contribution in [0.25, 0.3) is 38.9 Å². The molecule has 0 amide bonds. The van der Waals surface area contributed by atoms with Gasteiger partial charge < -0.3 is 4.74 Å². The predicted molar refractivity (Wildman–Crippen MR) is 231 cm³/mol. The molecule has 1 aliphatic heterocycles. The van der Waals surface area contributed by atoms with E-state index >= 15 is 0 Å². The summed E-state index contributed by atoms with van der Waals surface area (Å²) < 4.78 is 71.6. The van der Waals surface area contributed by atoms with Crippen LogP contribution in [0, 0.1) is 6.85 Å². The first-order valence-corrected chi connectivity index (χ1v) is 18.7. The molecular weight excluding hydrogens is 687 g/mol. The summed E-state index contributed by atoms with van der Waals surface area (Å²) >= 11 is 0. The molecule has 0 unspecified atom stereocenters. The molecule has 0 fully saturated rings. The Morgan fingerprint density at radius 2 is 1.38 bits per heavy atom. The minimum absolute atomic E-state index is 0.00113. The fourth-order valence-corrected chi connectivity index (χ4v) is 7.23. The second-order valence-electron chi connectivity index (χ2n) is 16.1. The van der Waals surface area contributed by atoms with Crippen molar-refractivity contribution in [3.05, 3.63) is 162 Å². The molecule has 0 saturated carbocycles. The predicted octanol–water partition coefficient (Wildman–Crippen LogP) is 12.8. The van der Waals surface area contributed by atoms with Crippen LogP contribution in [0.1, 0.15) is 67.8 Å². The molecule has 1 aliphatic rings. The Balaban J connectivity index is 1.20. The zero-order valence-corrected chi connectivity index (χ0v) is 32.2. The van der Waals surface area contributed by atoms with Crippen LogP contribution in [0.2, 0.25) is 0 Å². The molecule has 0 radical (unpaired) electrons. The highest BCUT2D eigenvalue weighted by Crippen LogP contribution is 2.42. The Labute approximate surface area is 338 Å². The molecule has 3 aromatic heterocycles. The van der Waals surface area contributed by atoms with E-state index in [1.165, 1.54) is 5.56 Å². The summed E-state index contributed by atoms with van der Waals surface area (Å²) in [5.41, 5.74) is 7.24. The minimum Gasteiger partial charge on any atom is -0.457 e. The van der Waals surface area contributed by atoms with Crippen molar-refractivity contribution in [3.8, 4) is 28.4 Å². The van der Waals surface area contributed by atoms with Crippen molar-refractivity contribution >= 4 is 50.7 Å². The lowest BCUT2D eigenvalue weighted by Gasteiger charge is -2.20. The number of hydrogen-bond donors (Lipinski definition) is 0. The zero-order chi connectivity index (χ0) is 44.7. The van der Waals surface area contributed by atoms with Crippen LogP contribution in [0.4, 0.5) is 22.7 Å². The lowest BCUT2D eigenvalue weighted by molar-refractivity contribution is 0.479. The van der Waals surface area contributed by atoms with E-state index in [9.17, 15) is 0 Å². The Kier molecular flexibility index (Phi) is 6.62. The largest absolute Gasteiger partial charge is 0.503 e. The number of nitrogens with zero attached hydrogens (tertiary/aromatic N) is 5. The molecule has 4 heterocycles. The van der Waals surface area contributed by atoms with Crippen molar-refractivity contribution in [1.29, 1.82) is 0 Å². The second-order valence-corrected chi connectivity index (χ2v) is 16.1. The summed E-state index contributed by atoms with van der Waals surface area (Å²) in [7, 11) is 0. The molecule has 0 N–H and O–H groups in total. The topological polar surface area (TPSA) is 46.0 Å². The lowest BCUT2D eigenvalue weighted by Crippen LogP contribution is -2.12. The van der Waals surface area contributed by atoms with Gasteiger partial charge in [-0.15, -0.1) is 0 Å². The van der Waals surface area contributed by atoms with Crippen LogP contribution in [0.3, 0.4) is 0 Å². The Morgan fingerprint density at radius 1 is 0.643 bits per heavy atom. The number of ether oxygens (including phenoxy) is 1. The van der Waals surface area contributed by atoms with Crippen LogP contribution in [-0.4, -0.2) is 20.5 Å². The summed E-state index contributed by atoms with van der Waals surface area (Å²) in [5.74, 6) is 2.03. The minimum atomic E-state index is -2.82. The van der Waals surface area contributed by atoms with Gasteiger partial charge in [-0.05, 0) is 92.1 Å². The standard InChI is InChI=1S/C50H45N5O/c1-33-18-20-34(21-19-33)40-13-8-9-14-42(40)54-32-53(43-15-10-11-16-44(43)54)37-27-36(50(5,6)7)28-39(30-37)56-38-22-23-41-46(31-38)55(45-17-12-25-52-48(41)45)47-29-35(24-26-51-47)49(2,3)4/h8-31H,1-7H3/q+2/i1D3,18D,19D,20D,21D. The molecule has 5 aromatic carbocycles. The molecular formula is C50H45N5O+2. The van der Waals surface area contributed by atoms with Gasteiger partial charge in [0.25, 0.3) is 11.4 Å². The monoisotopic (exact) mass is 738 g/mol. The van der Waals surface area contributed by atoms with Crippen LogP contribution in [0.15, 0.2) is 146 Å². The first-order chi connectivity index (χ1) is 29.8. The maximum atomic E-state index is 8.92. The molecule has 0 aliphatic carbocycles. The number of hydrogen-bond acceptors (Lipinski definition) is 3. The van der Waals surface area contributed by atoms with Crippen LogP contribution >= 0.6 is 0 Å². The van der Waals surface area contributed by atoms with Crippen molar-refractivity contribution in [2.45, 2.75) is 59.2 Å². The quantitative estimate of drug-likeness (QED) is 0.160. The highest BCUT2D eigenvalue weighted by Gasteiger charge is 2.38. The summed E-state index contributed by atoms with van der Waals surface area (Å²) in [5, 5.41) is 0.976. The fraction of sp³-hybridized carbons (Fsp3) is 0.180. The van der Waals surface area contributed by atoms with Crippen LogP contribution < -0.4 is 13.9 Å². The van der Waals surface area contributed by atoms with Crippen molar-refractivity contribution in [1.82, 2.24) is 23.7 Å². The van der Waals surface area contributed by atoms with E-state index in [1.807, 2.05) is 82.1 Å². The molecule has 0 bridgehead atoms. The van der Waals surface area contributed by atoms with Crippen molar-refractivity contribution in [2.24, 2.45) is 0 Å². The Bertz CT molecular complexity index is 3230. The summed E-state index contributed by atoms with van der Waals surface area (Å²) in [6.45, 7) is 10.2. The number of rotatable bonds is 6. The Morgan fingerprint density at radius 3 is 2.12 bits per heavy atom. The zero-order valence-electron chi connectivity index (χ0n) is 39.2. The van der Waals surface area contributed by atoms with Gasteiger partial charge in [0.1, 0.15) is 17.3 Å². The number of para-hydroxylation sites is 3. The van der Waals surface area contributed by atoms with Crippen LogP contribution in [0.5, 0.6) is 11.5 Å². The number of pyridine rings is 2. The van der Waals surface area contributed by atoms with Gasteiger partial charge in [-0.2, -0.15) is 0 Å². The third-order valence-corrected chi connectivity index (χ3v) is 10.2.